The molecule has 0 saturated heterocycles. The number of carbonyl (C=O) groups excluding carboxylic acids is 3. The van der Waals surface area contributed by atoms with E-state index in [1.165, 1.54) is 11.8 Å². The smallest absolute Gasteiger partial charge is 0.254 e. The summed E-state index contributed by atoms with van der Waals surface area (Å²) in [5.74, 6) is -0.728. The van der Waals surface area contributed by atoms with E-state index < -0.39 is 0 Å². The third kappa shape index (κ3) is 7.07. The van der Waals surface area contributed by atoms with Crippen molar-refractivity contribution in [2.75, 3.05) is 18.4 Å². The van der Waals surface area contributed by atoms with Crippen molar-refractivity contribution in [1.82, 2.24) is 10.2 Å². The van der Waals surface area contributed by atoms with Crippen LogP contribution in [0.2, 0.25) is 10.0 Å². The average Bonchev–Trinajstić information content (AvgIpc) is 2.68. The first kappa shape index (κ1) is 22.7. The second kappa shape index (κ2) is 10.8. The Kier molecular flexibility index (Phi) is 8.49. The van der Waals surface area contributed by atoms with Crippen molar-refractivity contribution in [3.63, 3.8) is 0 Å². The van der Waals surface area contributed by atoms with Crippen LogP contribution >= 0.6 is 23.2 Å². The van der Waals surface area contributed by atoms with Gasteiger partial charge in [-0.1, -0.05) is 42.3 Å². The van der Waals surface area contributed by atoms with Gasteiger partial charge in [0.1, 0.15) is 6.54 Å². The maximum Gasteiger partial charge on any atom is 0.254 e. The molecule has 0 aliphatic carbocycles. The Hall–Kier alpha value is -2.57. The third-order valence-corrected chi connectivity index (χ3v) is 4.62. The van der Waals surface area contributed by atoms with Crippen LogP contribution in [-0.4, -0.2) is 35.7 Å². The van der Waals surface area contributed by atoms with Crippen LogP contribution in [0.4, 0.5) is 5.69 Å². The van der Waals surface area contributed by atoms with Crippen LogP contribution in [-0.2, 0) is 16.1 Å². The van der Waals surface area contributed by atoms with Gasteiger partial charge in [-0.3, -0.25) is 14.4 Å². The molecule has 154 valence electrons. The monoisotopic (exact) mass is 435 g/mol. The lowest BCUT2D eigenvalue weighted by molar-refractivity contribution is -0.119. The summed E-state index contributed by atoms with van der Waals surface area (Å²) in [4.78, 5) is 37.8. The summed E-state index contributed by atoms with van der Waals surface area (Å²) < 4.78 is 0. The van der Waals surface area contributed by atoms with Gasteiger partial charge < -0.3 is 15.5 Å². The van der Waals surface area contributed by atoms with Crippen molar-refractivity contribution >= 4 is 46.6 Å². The van der Waals surface area contributed by atoms with Gasteiger partial charge in [0.05, 0.1) is 10.7 Å². The molecule has 2 aromatic carbocycles. The minimum absolute atomic E-state index is 0.108. The lowest BCUT2D eigenvalue weighted by Gasteiger charge is -2.22. The molecule has 0 fully saturated rings. The van der Waals surface area contributed by atoms with Gasteiger partial charge in [0.25, 0.3) is 5.91 Å². The Balaban J connectivity index is 2.05. The Labute approximate surface area is 180 Å². The first-order chi connectivity index (χ1) is 13.8. The van der Waals surface area contributed by atoms with Crippen LogP contribution in [0.25, 0.3) is 0 Å². The molecule has 0 spiro atoms. The van der Waals surface area contributed by atoms with Gasteiger partial charge in [-0.2, -0.15) is 0 Å². The van der Waals surface area contributed by atoms with Crippen molar-refractivity contribution in [2.45, 2.75) is 26.8 Å². The van der Waals surface area contributed by atoms with Crippen LogP contribution < -0.4 is 10.6 Å². The standard InChI is InChI=1S/C21H23Cl2N3O3/c1-3-10-26(13-20(28)25-19-11-17(22)8-9-18(19)23)21(29)16-6-4-15(5-7-16)12-24-14(2)27/h4-9,11H,3,10,12-13H2,1-2H3,(H,24,27)(H,25,28). The fraction of sp³-hybridized carbons (Fsp3) is 0.286. The number of nitrogens with zero attached hydrogens (tertiary/aromatic N) is 1. The molecule has 2 rings (SSSR count). The van der Waals surface area contributed by atoms with E-state index in [-0.39, 0.29) is 24.3 Å². The summed E-state index contributed by atoms with van der Waals surface area (Å²) in [7, 11) is 0. The number of benzene rings is 2. The molecule has 0 radical (unpaired) electrons. The lowest BCUT2D eigenvalue weighted by Crippen LogP contribution is -2.38. The predicted octanol–water partition coefficient (Wildman–Crippen LogP) is 4.12. The van der Waals surface area contributed by atoms with Crippen LogP contribution in [0.15, 0.2) is 42.5 Å². The molecule has 0 unspecified atom stereocenters. The maximum absolute atomic E-state index is 12.9. The number of halogens is 2. The Bertz CT molecular complexity index is 885. The normalized spacial score (nSPS) is 10.3. The molecule has 2 N–H and O–H groups in total. The fourth-order valence-corrected chi connectivity index (χ4v) is 2.99. The van der Waals surface area contributed by atoms with Gasteiger partial charge in [-0.15, -0.1) is 0 Å². The highest BCUT2D eigenvalue weighted by atomic mass is 35.5. The molecular formula is C21H23Cl2N3O3. The SMILES string of the molecule is CCCN(CC(=O)Nc1cc(Cl)ccc1Cl)C(=O)c1ccc(CNC(C)=O)cc1. The number of hydrogen-bond acceptors (Lipinski definition) is 3. The van der Waals surface area contributed by atoms with Crippen molar-refractivity contribution < 1.29 is 14.4 Å². The first-order valence-corrected chi connectivity index (χ1v) is 9.93. The highest BCUT2D eigenvalue weighted by molar-refractivity contribution is 6.35. The van der Waals surface area contributed by atoms with Crippen molar-refractivity contribution in [3.8, 4) is 0 Å². The zero-order chi connectivity index (χ0) is 21.4. The largest absolute Gasteiger partial charge is 0.352 e. The highest BCUT2D eigenvalue weighted by Gasteiger charge is 2.19. The maximum atomic E-state index is 12.9. The lowest BCUT2D eigenvalue weighted by atomic mass is 10.1. The third-order valence-electron chi connectivity index (χ3n) is 4.06. The molecule has 0 atom stereocenters. The van der Waals surface area contributed by atoms with Gasteiger partial charge in [-0.05, 0) is 42.3 Å². The van der Waals surface area contributed by atoms with Crippen LogP contribution in [0.5, 0.6) is 0 Å². The molecular weight excluding hydrogens is 413 g/mol. The molecule has 0 aliphatic heterocycles. The van der Waals surface area contributed by atoms with E-state index in [2.05, 4.69) is 10.6 Å². The Morgan fingerprint density at radius 2 is 1.72 bits per heavy atom. The Morgan fingerprint density at radius 3 is 2.34 bits per heavy atom. The van der Waals surface area contributed by atoms with E-state index in [0.717, 1.165) is 5.56 Å². The molecule has 0 aliphatic rings. The predicted molar refractivity (Wildman–Crippen MR) is 115 cm³/mol. The van der Waals surface area contributed by atoms with Gasteiger partial charge in [-0.25, -0.2) is 0 Å². The second-order valence-electron chi connectivity index (χ2n) is 6.51. The number of anilines is 1. The summed E-state index contributed by atoms with van der Waals surface area (Å²) in [6, 6.07) is 11.7. The molecule has 6 nitrogen and oxygen atoms in total. The average molecular weight is 436 g/mol. The van der Waals surface area contributed by atoms with E-state index in [1.807, 2.05) is 6.92 Å². The van der Waals surface area contributed by atoms with Crippen molar-refractivity contribution in [1.29, 1.82) is 0 Å². The Morgan fingerprint density at radius 1 is 1.03 bits per heavy atom. The summed E-state index contributed by atoms with van der Waals surface area (Å²) in [5.41, 5.74) is 1.75. The minimum Gasteiger partial charge on any atom is -0.352 e. The molecule has 0 bridgehead atoms. The van der Waals surface area contributed by atoms with E-state index in [4.69, 9.17) is 23.2 Å². The zero-order valence-corrected chi connectivity index (χ0v) is 17.8. The van der Waals surface area contributed by atoms with E-state index in [9.17, 15) is 14.4 Å². The number of hydrogen-bond donors (Lipinski definition) is 2. The van der Waals surface area contributed by atoms with Crippen LogP contribution in [0.3, 0.4) is 0 Å². The van der Waals surface area contributed by atoms with Crippen molar-refractivity contribution in [3.05, 3.63) is 63.6 Å². The van der Waals surface area contributed by atoms with Gasteiger partial charge in [0.15, 0.2) is 0 Å². The highest BCUT2D eigenvalue weighted by Crippen LogP contribution is 2.25. The summed E-state index contributed by atoms with van der Waals surface area (Å²) in [6.07, 6.45) is 0.706. The van der Waals surface area contributed by atoms with E-state index in [1.54, 1.807) is 42.5 Å². The van der Waals surface area contributed by atoms with Crippen molar-refractivity contribution in [2.24, 2.45) is 0 Å². The minimum atomic E-state index is -0.363. The second-order valence-corrected chi connectivity index (χ2v) is 7.35. The molecule has 0 aromatic heterocycles. The number of amides is 3. The first-order valence-electron chi connectivity index (χ1n) is 9.17. The molecule has 8 heteroatoms. The molecule has 0 saturated carbocycles. The summed E-state index contributed by atoms with van der Waals surface area (Å²) in [5, 5.41) is 6.21. The number of rotatable bonds is 8. The summed E-state index contributed by atoms with van der Waals surface area (Å²) >= 11 is 12.0. The van der Waals surface area contributed by atoms with Gasteiger partial charge in [0.2, 0.25) is 11.8 Å². The van der Waals surface area contributed by atoms with Crippen LogP contribution in [0, 0.1) is 0 Å². The molecule has 29 heavy (non-hydrogen) atoms. The quantitative estimate of drug-likeness (QED) is 0.654. The molecule has 0 heterocycles. The van der Waals surface area contributed by atoms with E-state index in [0.29, 0.717) is 40.8 Å². The summed E-state index contributed by atoms with van der Waals surface area (Å²) in [6.45, 7) is 4.10. The topological polar surface area (TPSA) is 78.5 Å². The molecule has 2 aromatic rings. The molecule has 3 amide bonds. The van der Waals surface area contributed by atoms with Gasteiger partial charge in [0, 0.05) is 30.6 Å². The van der Waals surface area contributed by atoms with Gasteiger partial charge >= 0.3 is 0 Å². The fourth-order valence-electron chi connectivity index (χ4n) is 2.65. The number of nitrogens with one attached hydrogen (secondary N) is 2. The zero-order valence-electron chi connectivity index (χ0n) is 16.3. The number of carbonyl (C=O) groups is 3. The van der Waals surface area contributed by atoms with Crippen LogP contribution in [0.1, 0.15) is 36.2 Å². The van der Waals surface area contributed by atoms with E-state index >= 15 is 0 Å².